The molecule has 0 amide bonds. The van der Waals surface area contributed by atoms with Gasteiger partial charge in [-0.05, 0) is 30.2 Å². The maximum absolute atomic E-state index is 5.08. The monoisotopic (exact) mass is 375 g/mol. The number of aromatic nitrogens is 1. The smallest absolute Gasteiger partial charge is 0.231 e. The summed E-state index contributed by atoms with van der Waals surface area (Å²) < 4.78 is 11.4. The average Bonchev–Trinajstić information content (AvgIpc) is 3.34. The standard InChI is InChI=1S/C7H5NS.C7H6O2.C4H10.2C2H6/c2*1-2-4-7-6(3-1)8-5-9-7;1-4(2)3;2*1-2/h1-5H;1-4H,5H2;4H,1-3H3;2*1-2H3. The van der Waals surface area contributed by atoms with Crippen molar-refractivity contribution in [1.29, 1.82) is 0 Å². The minimum Gasteiger partial charge on any atom is -0.454 e. The summed E-state index contributed by atoms with van der Waals surface area (Å²) >= 11 is 1.68. The van der Waals surface area contributed by atoms with Gasteiger partial charge >= 0.3 is 0 Å². The number of ether oxygens (including phenoxy) is 2. The maximum Gasteiger partial charge on any atom is 0.231 e. The van der Waals surface area contributed by atoms with E-state index < -0.39 is 0 Å². The van der Waals surface area contributed by atoms with Crippen LogP contribution in [0.5, 0.6) is 11.5 Å². The van der Waals surface area contributed by atoms with Crippen molar-refractivity contribution in [3.63, 3.8) is 0 Å². The van der Waals surface area contributed by atoms with Gasteiger partial charge in [0.2, 0.25) is 6.79 Å². The Balaban J connectivity index is 0.000000349. The van der Waals surface area contributed by atoms with Crippen molar-refractivity contribution in [2.75, 3.05) is 6.79 Å². The highest BCUT2D eigenvalue weighted by atomic mass is 32.1. The fourth-order valence-corrected chi connectivity index (χ4v) is 2.33. The van der Waals surface area contributed by atoms with Gasteiger partial charge < -0.3 is 9.47 Å². The topological polar surface area (TPSA) is 31.4 Å². The van der Waals surface area contributed by atoms with Crippen LogP contribution in [0.4, 0.5) is 0 Å². The van der Waals surface area contributed by atoms with E-state index in [0.717, 1.165) is 22.9 Å². The molecule has 3 nitrogen and oxygen atoms in total. The molecule has 0 N–H and O–H groups in total. The molecule has 4 heteroatoms. The van der Waals surface area contributed by atoms with E-state index in [4.69, 9.17) is 9.47 Å². The molecule has 0 bridgehead atoms. The van der Waals surface area contributed by atoms with E-state index in [9.17, 15) is 0 Å². The van der Waals surface area contributed by atoms with Gasteiger partial charge in [-0.2, -0.15) is 0 Å². The van der Waals surface area contributed by atoms with Gasteiger partial charge in [0.1, 0.15) is 0 Å². The van der Waals surface area contributed by atoms with Crippen molar-refractivity contribution in [3.05, 3.63) is 54.0 Å². The molecule has 0 radical (unpaired) electrons. The van der Waals surface area contributed by atoms with E-state index >= 15 is 0 Å². The van der Waals surface area contributed by atoms with Crippen molar-refractivity contribution >= 4 is 21.6 Å². The normalized spacial score (nSPS) is 10.2. The lowest BCUT2D eigenvalue weighted by atomic mass is 10.3. The summed E-state index contributed by atoms with van der Waals surface area (Å²) in [6, 6.07) is 15.8. The van der Waals surface area contributed by atoms with E-state index in [1.165, 1.54) is 4.70 Å². The van der Waals surface area contributed by atoms with Crippen molar-refractivity contribution in [2.45, 2.75) is 48.5 Å². The molecular formula is C22H33NO2S. The van der Waals surface area contributed by atoms with Crippen LogP contribution in [0, 0.1) is 5.92 Å². The molecule has 1 aliphatic rings. The molecule has 1 aliphatic heterocycles. The highest BCUT2D eigenvalue weighted by Crippen LogP contribution is 2.30. The van der Waals surface area contributed by atoms with Crippen LogP contribution in [-0.2, 0) is 0 Å². The Morgan fingerprint density at radius 2 is 1.27 bits per heavy atom. The number of fused-ring (bicyclic) bond motifs is 2. The van der Waals surface area contributed by atoms with Crippen molar-refractivity contribution in [2.24, 2.45) is 5.92 Å². The number of hydrogen-bond donors (Lipinski definition) is 0. The van der Waals surface area contributed by atoms with Crippen molar-refractivity contribution < 1.29 is 9.47 Å². The average molecular weight is 376 g/mol. The lowest BCUT2D eigenvalue weighted by Crippen LogP contribution is -1.92. The number of benzene rings is 2. The van der Waals surface area contributed by atoms with E-state index in [1.807, 2.05) is 75.7 Å². The Labute approximate surface area is 163 Å². The summed E-state index contributed by atoms with van der Waals surface area (Å²) in [5, 5.41) is 0. The van der Waals surface area contributed by atoms with E-state index in [0.29, 0.717) is 6.79 Å². The number of nitrogens with zero attached hydrogens (tertiary/aromatic N) is 1. The van der Waals surface area contributed by atoms with Gasteiger partial charge in [0.15, 0.2) is 11.5 Å². The summed E-state index contributed by atoms with van der Waals surface area (Å²) in [7, 11) is 0. The molecule has 3 aromatic rings. The highest BCUT2D eigenvalue weighted by molar-refractivity contribution is 7.16. The van der Waals surface area contributed by atoms with Crippen molar-refractivity contribution in [1.82, 2.24) is 4.98 Å². The third kappa shape index (κ3) is 9.42. The van der Waals surface area contributed by atoms with E-state index in [2.05, 4.69) is 31.8 Å². The molecule has 4 rings (SSSR count). The van der Waals surface area contributed by atoms with Gasteiger partial charge in [-0.15, -0.1) is 11.3 Å². The second kappa shape index (κ2) is 15.2. The second-order valence-electron chi connectivity index (χ2n) is 5.41. The summed E-state index contributed by atoms with van der Waals surface area (Å²) in [4.78, 5) is 4.14. The molecule has 0 saturated heterocycles. The third-order valence-corrected chi connectivity index (χ3v) is 3.32. The first kappa shape index (κ1) is 23.9. The predicted molar refractivity (Wildman–Crippen MR) is 115 cm³/mol. The van der Waals surface area contributed by atoms with Crippen LogP contribution in [0.25, 0.3) is 10.2 Å². The highest BCUT2D eigenvalue weighted by Gasteiger charge is 2.09. The van der Waals surface area contributed by atoms with Crippen LogP contribution in [0.15, 0.2) is 54.0 Å². The number of thiazole rings is 1. The van der Waals surface area contributed by atoms with Crippen molar-refractivity contribution in [3.8, 4) is 11.5 Å². The molecule has 144 valence electrons. The number of hydrogen-bond acceptors (Lipinski definition) is 4. The first-order valence-corrected chi connectivity index (χ1v) is 10.2. The molecule has 0 spiro atoms. The van der Waals surface area contributed by atoms with Crippen LogP contribution < -0.4 is 9.47 Å². The van der Waals surface area contributed by atoms with Crippen LogP contribution in [-0.4, -0.2) is 11.8 Å². The van der Waals surface area contributed by atoms with Gasteiger partial charge in [0.25, 0.3) is 0 Å². The third-order valence-electron chi connectivity index (χ3n) is 2.51. The Morgan fingerprint density at radius 1 is 0.808 bits per heavy atom. The largest absolute Gasteiger partial charge is 0.454 e. The molecule has 2 heterocycles. The predicted octanol–water partition coefficient (Wildman–Crippen LogP) is 7.43. The lowest BCUT2D eigenvalue weighted by Gasteiger charge is -1.89. The zero-order valence-electron chi connectivity index (χ0n) is 17.2. The van der Waals surface area contributed by atoms with Gasteiger partial charge in [0, 0.05) is 0 Å². The first-order valence-electron chi connectivity index (χ1n) is 9.29. The fraction of sp³-hybridized carbons (Fsp3) is 0.409. The summed E-state index contributed by atoms with van der Waals surface area (Å²) in [5.74, 6) is 2.52. The summed E-state index contributed by atoms with van der Waals surface area (Å²) in [6.07, 6.45) is 0. The maximum atomic E-state index is 5.08. The van der Waals surface area contributed by atoms with Gasteiger partial charge in [-0.25, -0.2) is 4.98 Å². The van der Waals surface area contributed by atoms with Gasteiger partial charge in [-0.3, -0.25) is 0 Å². The van der Waals surface area contributed by atoms with Crippen LogP contribution in [0.3, 0.4) is 0 Å². The molecule has 0 saturated carbocycles. The van der Waals surface area contributed by atoms with Crippen LogP contribution in [0.2, 0.25) is 0 Å². The molecule has 2 aromatic carbocycles. The fourth-order valence-electron chi connectivity index (χ4n) is 1.65. The molecule has 0 fully saturated rings. The zero-order valence-corrected chi connectivity index (χ0v) is 18.0. The summed E-state index contributed by atoms with van der Waals surface area (Å²) in [6.45, 7) is 14.9. The Kier molecular flexibility index (Phi) is 14.0. The van der Waals surface area contributed by atoms with E-state index in [1.54, 1.807) is 11.3 Å². The Hall–Kier alpha value is -2.07. The number of rotatable bonds is 0. The van der Waals surface area contributed by atoms with Gasteiger partial charge in [0.05, 0.1) is 15.7 Å². The quantitative estimate of drug-likeness (QED) is 0.409. The number of para-hydroxylation sites is 3. The van der Waals surface area contributed by atoms with Crippen LogP contribution >= 0.6 is 11.3 Å². The summed E-state index contributed by atoms with van der Waals surface area (Å²) in [5.41, 5.74) is 2.97. The Morgan fingerprint density at radius 3 is 1.77 bits per heavy atom. The lowest BCUT2D eigenvalue weighted by molar-refractivity contribution is 0.174. The minimum atomic E-state index is 0.360. The molecule has 0 unspecified atom stereocenters. The molecule has 26 heavy (non-hydrogen) atoms. The molecule has 0 atom stereocenters. The second-order valence-corrected chi connectivity index (χ2v) is 6.29. The Bertz CT molecular complexity index is 639. The van der Waals surface area contributed by atoms with Crippen LogP contribution in [0.1, 0.15) is 48.5 Å². The van der Waals surface area contributed by atoms with Gasteiger partial charge in [-0.1, -0.05) is 72.7 Å². The molecule has 1 aromatic heterocycles. The van der Waals surface area contributed by atoms with E-state index in [-0.39, 0.29) is 0 Å². The molecular weight excluding hydrogens is 342 g/mol. The molecule has 0 aliphatic carbocycles. The first-order chi connectivity index (χ1) is 12.7. The SMILES string of the molecule is CC.CC.CC(C)C.c1ccc2c(c1)OCO2.c1ccc2scnc2c1. The minimum absolute atomic E-state index is 0.360. The zero-order chi connectivity index (χ0) is 19.8.